The van der Waals surface area contributed by atoms with Gasteiger partial charge in [0.15, 0.2) is 0 Å². The number of phenolic OH excluding ortho intramolecular Hbond substituents is 1. The van der Waals surface area contributed by atoms with E-state index in [-0.39, 0.29) is 5.75 Å². The molecule has 0 aliphatic carbocycles. The summed E-state index contributed by atoms with van der Waals surface area (Å²) in [6.07, 6.45) is 0.652. The first-order valence-electron chi connectivity index (χ1n) is 4.18. The average molecular weight is 188 g/mol. The third-order valence-corrected chi connectivity index (χ3v) is 1.90. The molecule has 0 aliphatic heterocycles. The molecule has 0 bridgehead atoms. The van der Waals surface area contributed by atoms with E-state index >= 15 is 0 Å². The molecular weight excluding hydrogens is 176 g/mol. The second kappa shape index (κ2) is 4.47. The number of phenols is 1. The Kier molecular flexibility index (Phi) is 3.29. The minimum Gasteiger partial charge on any atom is -0.508 e. The molecular formula is C12H12O2. The molecule has 0 spiro atoms. The zero-order valence-corrected chi connectivity index (χ0v) is 7.77. The Bertz CT molecular complexity index is 387. The molecule has 0 aromatic heterocycles. The Morgan fingerprint density at radius 2 is 2.21 bits per heavy atom. The number of hydrogen-bond donors (Lipinski definition) is 2. The van der Waals surface area contributed by atoms with Gasteiger partial charge in [-0.15, -0.1) is 5.73 Å². The van der Waals surface area contributed by atoms with E-state index in [4.69, 9.17) is 0 Å². The Hall–Kier alpha value is -1.76. The first-order chi connectivity index (χ1) is 6.69. The zero-order valence-electron chi connectivity index (χ0n) is 7.77. The first-order valence-corrected chi connectivity index (χ1v) is 4.18. The van der Waals surface area contributed by atoms with Crippen molar-refractivity contribution in [3.05, 3.63) is 60.4 Å². The van der Waals surface area contributed by atoms with Crippen LogP contribution in [0.15, 0.2) is 54.8 Å². The standard InChI is InChI=1S/C12H12O2/c1-3-9(4-2)12(14)10-6-5-7-11(13)8-10/h3,5-8,12-14H,1-2H2. The second-order valence-electron chi connectivity index (χ2n) is 2.83. The van der Waals surface area contributed by atoms with Gasteiger partial charge in [0.05, 0.1) is 0 Å². The molecule has 1 atom stereocenters. The largest absolute Gasteiger partial charge is 0.508 e. The van der Waals surface area contributed by atoms with Gasteiger partial charge in [0.25, 0.3) is 0 Å². The van der Waals surface area contributed by atoms with Crippen LogP contribution in [0.1, 0.15) is 11.7 Å². The molecule has 1 aromatic carbocycles. The molecule has 72 valence electrons. The fourth-order valence-electron chi connectivity index (χ4n) is 1.15. The molecule has 1 unspecified atom stereocenters. The van der Waals surface area contributed by atoms with E-state index in [9.17, 15) is 10.2 Å². The number of aliphatic hydroxyl groups excluding tert-OH is 1. The van der Waals surface area contributed by atoms with Crippen molar-refractivity contribution in [2.75, 3.05) is 0 Å². The molecule has 0 fully saturated rings. The highest BCUT2D eigenvalue weighted by molar-refractivity contribution is 5.35. The summed E-state index contributed by atoms with van der Waals surface area (Å²) in [6, 6.07) is 6.41. The highest BCUT2D eigenvalue weighted by atomic mass is 16.3. The van der Waals surface area contributed by atoms with E-state index in [1.54, 1.807) is 18.2 Å². The monoisotopic (exact) mass is 188 g/mol. The number of benzene rings is 1. The van der Waals surface area contributed by atoms with Crippen molar-refractivity contribution in [1.29, 1.82) is 0 Å². The zero-order chi connectivity index (χ0) is 10.6. The fraction of sp³-hybridized carbons (Fsp3) is 0.0833. The minimum atomic E-state index is -0.836. The highest BCUT2D eigenvalue weighted by Gasteiger charge is 2.10. The summed E-state index contributed by atoms with van der Waals surface area (Å²) >= 11 is 0. The first kappa shape index (κ1) is 10.3. The van der Waals surface area contributed by atoms with Gasteiger partial charge in [-0.25, -0.2) is 0 Å². The number of aromatic hydroxyl groups is 1. The van der Waals surface area contributed by atoms with Crippen LogP contribution in [0.25, 0.3) is 0 Å². The van der Waals surface area contributed by atoms with Crippen LogP contribution in [-0.2, 0) is 0 Å². The Morgan fingerprint density at radius 1 is 1.50 bits per heavy atom. The van der Waals surface area contributed by atoms with Crippen LogP contribution in [-0.4, -0.2) is 10.2 Å². The smallest absolute Gasteiger partial charge is 0.115 e. The molecule has 2 N–H and O–H groups in total. The Morgan fingerprint density at radius 3 is 2.71 bits per heavy atom. The van der Waals surface area contributed by atoms with Crippen LogP contribution in [0.2, 0.25) is 0 Å². The lowest BCUT2D eigenvalue weighted by Gasteiger charge is -2.10. The fourth-order valence-corrected chi connectivity index (χ4v) is 1.15. The normalized spacial score (nSPS) is 11.5. The van der Waals surface area contributed by atoms with Crippen LogP contribution >= 0.6 is 0 Å². The molecule has 2 heteroatoms. The van der Waals surface area contributed by atoms with Crippen molar-refractivity contribution in [1.82, 2.24) is 0 Å². The van der Waals surface area contributed by atoms with Crippen molar-refractivity contribution in [2.24, 2.45) is 0 Å². The maximum Gasteiger partial charge on any atom is 0.115 e. The summed E-state index contributed by atoms with van der Waals surface area (Å²) in [5.74, 6) is 0.119. The Labute approximate surface area is 83.1 Å². The molecule has 0 saturated carbocycles. The van der Waals surface area contributed by atoms with Crippen LogP contribution in [0, 0.1) is 0 Å². The molecule has 0 amide bonds. The van der Waals surface area contributed by atoms with Gasteiger partial charge in [-0.2, -0.15) is 0 Å². The maximum atomic E-state index is 9.78. The van der Waals surface area contributed by atoms with E-state index in [1.165, 1.54) is 12.1 Å². The summed E-state index contributed by atoms with van der Waals surface area (Å²) < 4.78 is 0. The van der Waals surface area contributed by atoms with Gasteiger partial charge in [0.1, 0.15) is 11.9 Å². The van der Waals surface area contributed by atoms with Gasteiger partial charge < -0.3 is 10.2 Å². The van der Waals surface area contributed by atoms with Crippen LogP contribution in [0.3, 0.4) is 0 Å². The predicted molar refractivity (Wildman–Crippen MR) is 55.9 cm³/mol. The van der Waals surface area contributed by atoms with E-state index in [0.717, 1.165) is 0 Å². The lowest BCUT2D eigenvalue weighted by molar-refractivity contribution is 0.219. The molecule has 0 saturated heterocycles. The number of aliphatic hydroxyl groups is 1. The van der Waals surface area contributed by atoms with Crippen molar-refractivity contribution >= 4 is 0 Å². The van der Waals surface area contributed by atoms with Gasteiger partial charge in [-0.05, 0) is 17.7 Å². The molecule has 14 heavy (non-hydrogen) atoms. The van der Waals surface area contributed by atoms with E-state index in [0.29, 0.717) is 11.1 Å². The Balaban J connectivity index is 3.05. The maximum absolute atomic E-state index is 9.78. The quantitative estimate of drug-likeness (QED) is 0.564. The van der Waals surface area contributed by atoms with Crippen LogP contribution in [0.5, 0.6) is 5.75 Å². The van der Waals surface area contributed by atoms with Crippen LogP contribution in [0.4, 0.5) is 0 Å². The van der Waals surface area contributed by atoms with Gasteiger partial charge in [0.2, 0.25) is 0 Å². The number of rotatable bonds is 3. The SMILES string of the molecule is C=C=C(C=C)C(O)c1cccc(O)c1. The predicted octanol–water partition coefficient (Wildman–Crippen LogP) is 2.32. The summed E-state index contributed by atoms with van der Waals surface area (Å²) in [5, 5.41) is 19.0. The third-order valence-electron chi connectivity index (χ3n) is 1.90. The van der Waals surface area contributed by atoms with Gasteiger partial charge in [-0.1, -0.05) is 31.4 Å². The molecule has 1 rings (SSSR count). The lowest BCUT2D eigenvalue weighted by atomic mass is 10.0. The van der Waals surface area contributed by atoms with Crippen molar-refractivity contribution in [2.45, 2.75) is 6.10 Å². The second-order valence-corrected chi connectivity index (χ2v) is 2.83. The third kappa shape index (κ3) is 2.13. The van der Waals surface area contributed by atoms with Gasteiger partial charge >= 0.3 is 0 Å². The van der Waals surface area contributed by atoms with Crippen LogP contribution < -0.4 is 0 Å². The lowest BCUT2D eigenvalue weighted by Crippen LogP contribution is -1.98. The van der Waals surface area contributed by atoms with Gasteiger partial charge in [0, 0.05) is 5.57 Å². The minimum absolute atomic E-state index is 0.119. The van der Waals surface area contributed by atoms with E-state index in [2.05, 4.69) is 18.9 Å². The summed E-state index contributed by atoms with van der Waals surface area (Å²) in [4.78, 5) is 0. The average Bonchev–Trinajstić information content (AvgIpc) is 2.19. The summed E-state index contributed by atoms with van der Waals surface area (Å²) in [5.41, 5.74) is 3.68. The number of hydrogen-bond acceptors (Lipinski definition) is 2. The topological polar surface area (TPSA) is 40.5 Å². The van der Waals surface area contributed by atoms with E-state index in [1.807, 2.05) is 0 Å². The molecule has 1 aromatic rings. The van der Waals surface area contributed by atoms with Crippen molar-refractivity contribution in [3.63, 3.8) is 0 Å². The molecule has 2 nitrogen and oxygen atoms in total. The van der Waals surface area contributed by atoms with E-state index < -0.39 is 6.10 Å². The van der Waals surface area contributed by atoms with Gasteiger partial charge in [-0.3, -0.25) is 0 Å². The van der Waals surface area contributed by atoms with Crippen molar-refractivity contribution in [3.8, 4) is 5.75 Å². The molecule has 0 aliphatic rings. The summed E-state index contributed by atoms with van der Waals surface area (Å²) in [7, 11) is 0. The highest BCUT2D eigenvalue weighted by Crippen LogP contribution is 2.23. The van der Waals surface area contributed by atoms with Crippen molar-refractivity contribution < 1.29 is 10.2 Å². The molecule has 0 radical (unpaired) electrons. The summed E-state index contributed by atoms with van der Waals surface area (Å²) in [6.45, 7) is 6.98. The molecule has 0 heterocycles.